The van der Waals surface area contributed by atoms with Crippen LogP contribution in [0.4, 0.5) is 0 Å². The first kappa shape index (κ1) is 15.5. The van der Waals surface area contributed by atoms with Gasteiger partial charge in [-0.05, 0) is 46.1 Å². The van der Waals surface area contributed by atoms with Crippen LogP contribution in [-0.2, 0) is 0 Å². The van der Waals surface area contributed by atoms with Crippen LogP contribution < -0.4 is 5.32 Å². The highest BCUT2D eigenvalue weighted by Crippen LogP contribution is 2.22. The Labute approximate surface area is 113 Å². The third-order valence-electron chi connectivity index (χ3n) is 4.13. The summed E-state index contributed by atoms with van der Waals surface area (Å²) in [6.07, 6.45) is 4.55. The molecular formula is C15H29N3. The van der Waals surface area contributed by atoms with Crippen LogP contribution in [0.3, 0.4) is 0 Å². The van der Waals surface area contributed by atoms with E-state index in [1.165, 1.54) is 19.4 Å². The molecule has 104 valence electrons. The van der Waals surface area contributed by atoms with Crippen molar-refractivity contribution in [2.75, 3.05) is 19.6 Å². The molecule has 0 aliphatic carbocycles. The Morgan fingerprint density at radius 2 is 2.06 bits per heavy atom. The van der Waals surface area contributed by atoms with Crippen molar-refractivity contribution in [2.45, 2.75) is 65.5 Å². The second-order valence-corrected chi connectivity index (χ2v) is 6.17. The van der Waals surface area contributed by atoms with E-state index in [0.717, 1.165) is 25.9 Å². The summed E-state index contributed by atoms with van der Waals surface area (Å²) in [6.45, 7) is 12.0. The average Bonchev–Trinajstić information content (AvgIpc) is 2.38. The molecule has 18 heavy (non-hydrogen) atoms. The average molecular weight is 251 g/mol. The van der Waals surface area contributed by atoms with Crippen molar-refractivity contribution in [3.8, 4) is 6.07 Å². The van der Waals surface area contributed by atoms with E-state index in [4.69, 9.17) is 5.26 Å². The van der Waals surface area contributed by atoms with Crippen molar-refractivity contribution in [3.05, 3.63) is 0 Å². The SMILES string of the molecule is CCC1CN(CCCC(C)(C)C#N)C(CC)CN1. The first-order valence-corrected chi connectivity index (χ1v) is 7.41. The number of nitrogens with one attached hydrogen (secondary N) is 1. The standard InChI is InChI=1S/C15H29N3/c1-5-13-11-18(14(6-2)10-17-13)9-7-8-15(3,4)12-16/h13-14,17H,5-11H2,1-4H3. The van der Waals surface area contributed by atoms with Crippen molar-refractivity contribution in [2.24, 2.45) is 5.41 Å². The zero-order chi connectivity index (χ0) is 13.6. The maximum Gasteiger partial charge on any atom is 0.0683 e. The van der Waals surface area contributed by atoms with Gasteiger partial charge in [0.2, 0.25) is 0 Å². The predicted molar refractivity (Wildman–Crippen MR) is 76.4 cm³/mol. The van der Waals surface area contributed by atoms with Gasteiger partial charge in [-0.15, -0.1) is 0 Å². The molecule has 0 saturated carbocycles. The van der Waals surface area contributed by atoms with E-state index in [1.54, 1.807) is 0 Å². The Morgan fingerprint density at radius 1 is 1.33 bits per heavy atom. The summed E-state index contributed by atoms with van der Waals surface area (Å²) in [5.74, 6) is 0. The van der Waals surface area contributed by atoms with Gasteiger partial charge in [0.1, 0.15) is 0 Å². The lowest BCUT2D eigenvalue weighted by Gasteiger charge is -2.40. The van der Waals surface area contributed by atoms with Crippen LogP contribution in [0.5, 0.6) is 0 Å². The normalized spacial score (nSPS) is 25.9. The summed E-state index contributed by atoms with van der Waals surface area (Å²) in [7, 11) is 0. The van der Waals surface area contributed by atoms with Crippen LogP contribution in [-0.4, -0.2) is 36.6 Å². The number of piperazine rings is 1. The van der Waals surface area contributed by atoms with Gasteiger partial charge in [0.05, 0.1) is 11.5 Å². The van der Waals surface area contributed by atoms with E-state index in [9.17, 15) is 0 Å². The predicted octanol–water partition coefficient (Wildman–Crippen LogP) is 2.78. The highest BCUT2D eigenvalue weighted by atomic mass is 15.2. The lowest BCUT2D eigenvalue weighted by atomic mass is 9.89. The molecule has 3 heteroatoms. The molecule has 0 aromatic rings. The lowest BCUT2D eigenvalue weighted by Crippen LogP contribution is -2.56. The zero-order valence-electron chi connectivity index (χ0n) is 12.5. The highest BCUT2D eigenvalue weighted by molar-refractivity contribution is 4.92. The molecule has 0 aromatic heterocycles. The summed E-state index contributed by atoms with van der Waals surface area (Å²) >= 11 is 0. The van der Waals surface area contributed by atoms with E-state index >= 15 is 0 Å². The summed E-state index contributed by atoms with van der Waals surface area (Å²) in [5.41, 5.74) is -0.167. The van der Waals surface area contributed by atoms with E-state index in [1.807, 2.05) is 13.8 Å². The topological polar surface area (TPSA) is 39.1 Å². The summed E-state index contributed by atoms with van der Waals surface area (Å²) in [4.78, 5) is 2.62. The van der Waals surface area contributed by atoms with Crippen LogP contribution in [0, 0.1) is 16.7 Å². The molecular weight excluding hydrogens is 222 g/mol. The molecule has 1 N–H and O–H groups in total. The number of nitriles is 1. The lowest BCUT2D eigenvalue weighted by molar-refractivity contribution is 0.120. The van der Waals surface area contributed by atoms with E-state index in [-0.39, 0.29) is 5.41 Å². The zero-order valence-corrected chi connectivity index (χ0v) is 12.5. The molecule has 0 aromatic carbocycles. The van der Waals surface area contributed by atoms with E-state index in [2.05, 4.69) is 30.1 Å². The third-order valence-corrected chi connectivity index (χ3v) is 4.13. The molecule has 1 rings (SSSR count). The monoisotopic (exact) mass is 251 g/mol. The number of nitrogens with zero attached hydrogens (tertiary/aromatic N) is 2. The molecule has 2 unspecified atom stereocenters. The second kappa shape index (κ2) is 7.11. The molecule has 0 radical (unpaired) electrons. The summed E-state index contributed by atoms with van der Waals surface area (Å²) in [5, 5.41) is 12.7. The van der Waals surface area contributed by atoms with Crippen molar-refractivity contribution in [1.82, 2.24) is 10.2 Å². The van der Waals surface area contributed by atoms with Gasteiger partial charge < -0.3 is 5.32 Å². The van der Waals surface area contributed by atoms with Crippen molar-refractivity contribution in [3.63, 3.8) is 0 Å². The maximum atomic E-state index is 9.04. The van der Waals surface area contributed by atoms with Gasteiger partial charge in [0.25, 0.3) is 0 Å². The van der Waals surface area contributed by atoms with Gasteiger partial charge in [-0.2, -0.15) is 5.26 Å². The molecule has 2 atom stereocenters. The maximum absolute atomic E-state index is 9.04. The van der Waals surface area contributed by atoms with Crippen molar-refractivity contribution >= 4 is 0 Å². The smallest absolute Gasteiger partial charge is 0.0683 e. The van der Waals surface area contributed by atoms with Crippen LogP contribution in [0.1, 0.15) is 53.4 Å². The summed E-state index contributed by atoms with van der Waals surface area (Å²) in [6, 6.07) is 3.72. The van der Waals surface area contributed by atoms with Gasteiger partial charge in [0, 0.05) is 25.2 Å². The molecule has 0 amide bonds. The molecule has 1 aliphatic heterocycles. The van der Waals surface area contributed by atoms with Gasteiger partial charge in [-0.3, -0.25) is 4.90 Å². The van der Waals surface area contributed by atoms with Gasteiger partial charge in [-0.25, -0.2) is 0 Å². The third kappa shape index (κ3) is 4.59. The first-order chi connectivity index (χ1) is 8.52. The minimum atomic E-state index is -0.167. The molecule has 1 fully saturated rings. The molecule has 1 heterocycles. The Balaban J connectivity index is 2.40. The van der Waals surface area contributed by atoms with Crippen LogP contribution in [0.15, 0.2) is 0 Å². The van der Waals surface area contributed by atoms with Crippen LogP contribution in [0.2, 0.25) is 0 Å². The molecule has 3 nitrogen and oxygen atoms in total. The van der Waals surface area contributed by atoms with Gasteiger partial charge >= 0.3 is 0 Å². The molecule has 0 spiro atoms. The number of hydrogen-bond acceptors (Lipinski definition) is 3. The van der Waals surface area contributed by atoms with Gasteiger partial charge in [0.15, 0.2) is 0 Å². The molecule has 1 saturated heterocycles. The highest BCUT2D eigenvalue weighted by Gasteiger charge is 2.26. The van der Waals surface area contributed by atoms with Crippen molar-refractivity contribution < 1.29 is 0 Å². The minimum Gasteiger partial charge on any atom is -0.311 e. The number of hydrogen-bond donors (Lipinski definition) is 1. The fourth-order valence-corrected chi connectivity index (χ4v) is 2.66. The first-order valence-electron chi connectivity index (χ1n) is 7.41. The Hall–Kier alpha value is -0.590. The number of rotatable bonds is 6. The van der Waals surface area contributed by atoms with Gasteiger partial charge in [-0.1, -0.05) is 13.8 Å². The van der Waals surface area contributed by atoms with E-state index < -0.39 is 0 Å². The second-order valence-electron chi connectivity index (χ2n) is 6.17. The fourth-order valence-electron chi connectivity index (χ4n) is 2.66. The van der Waals surface area contributed by atoms with Crippen LogP contribution in [0.25, 0.3) is 0 Å². The van der Waals surface area contributed by atoms with Crippen LogP contribution >= 0.6 is 0 Å². The minimum absolute atomic E-state index is 0.167. The molecule has 1 aliphatic rings. The summed E-state index contributed by atoms with van der Waals surface area (Å²) < 4.78 is 0. The van der Waals surface area contributed by atoms with E-state index in [0.29, 0.717) is 12.1 Å². The largest absolute Gasteiger partial charge is 0.311 e. The fraction of sp³-hybridized carbons (Fsp3) is 0.933. The quantitative estimate of drug-likeness (QED) is 0.789. The Kier molecular flexibility index (Phi) is 6.11. The molecule has 0 bridgehead atoms. The van der Waals surface area contributed by atoms with Crippen molar-refractivity contribution in [1.29, 1.82) is 5.26 Å². The Bertz CT molecular complexity index is 280. The Morgan fingerprint density at radius 3 is 2.61 bits per heavy atom.